The highest BCUT2D eigenvalue weighted by Crippen LogP contribution is 2.24. The van der Waals surface area contributed by atoms with E-state index >= 15 is 0 Å². The van der Waals surface area contributed by atoms with Gasteiger partial charge in [0.2, 0.25) is 11.8 Å². The quantitative estimate of drug-likeness (QED) is 0.812. The van der Waals surface area contributed by atoms with Crippen LogP contribution in [0.5, 0.6) is 5.75 Å². The SMILES string of the molecule is COc1ccc2cccc(CC(=O)N(C)CCN3CCCC3=O)c2c1. The molecule has 0 aliphatic carbocycles. The van der Waals surface area contributed by atoms with Gasteiger partial charge in [-0.15, -0.1) is 0 Å². The minimum Gasteiger partial charge on any atom is -0.497 e. The first kappa shape index (κ1) is 17.3. The maximum atomic E-state index is 12.6. The number of likely N-dealkylation sites (N-methyl/N-ethyl adjacent to an activating group) is 1. The molecule has 1 heterocycles. The lowest BCUT2D eigenvalue weighted by Crippen LogP contribution is -2.37. The van der Waals surface area contributed by atoms with E-state index in [0.717, 1.165) is 35.1 Å². The Morgan fingerprint density at radius 1 is 1.28 bits per heavy atom. The van der Waals surface area contributed by atoms with Crippen LogP contribution in [-0.2, 0) is 16.0 Å². The summed E-state index contributed by atoms with van der Waals surface area (Å²) < 4.78 is 5.30. The molecule has 5 nitrogen and oxygen atoms in total. The van der Waals surface area contributed by atoms with Gasteiger partial charge in [0, 0.05) is 33.1 Å². The number of carbonyl (C=O) groups is 2. The standard InChI is InChI=1S/C20H24N2O3/c1-21(11-12-22-10-4-7-19(22)23)20(24)13-16-6-3-5-15-8-9-17(25-2)14-18(15)16/h3,5-6,8-9,14H,4,7,10-13H2,1-2H3. The van der Waals surface area contributed by atoms with E-state index in [-0.39, 0.29) is 11.8 Å². The van der Waals surface area contributed by atoms with Gasteiger partial charge in [0.25, 0.3) is 0 Å². The zero-order valence-electron chi connectivity index (χ0n) is 14.8. The van der Waals surface area contributed by atoms with Crippen molar-refractivity contribution in [3.8, 4) is 5.75 Å². The highest BCUT2D eigenvalue weighted by atomic mass is 16.5. The lowest BCUT2D eigenvalue weighted by molar-refractivity contribution is -0.132. The van der Waals surface area contributed by atoms with Gasteiger partial charge in [-0.3, -0.25) is 9.59 Å². The molecular weight excluding hydrogens is 316 g/mol. The summed E-state index contributed by atoms with van der Waals surface area (Å²) in [5.74, 6) is 1.04. The van der Waals surface area contributed by atoms with Crippen LogP contribution in [0.25, 0.3) is 10.8 Å². The zero-order valence-corrected chi connectivity index (χ0v) is 14.8. The van der Waals surface area contributed by atoms with Crippen LogP contribution in [0.2, 0.25) is 0 Å². The van der Waals surface area contributed by atoms with Crippen molar-refractivity contribution in [3.05, 3.63) is 42.0 Å². The molecule has 1 fully saturated rings. The van der Waals surface area contributed by atoms with Crippen LogP contribution in [-0.4, -0.2) is 55.4 Å². The summed E-state index contributed by atoms with van der Waals surface area (Å²) in [4.78, 5) is 27.8. The molecule has 1 aliphatic heterocycles. The van der Waals surface area contributed by atoms with Crippen LogP contribution in [0.4, 0.5) is 0 Å². The number of fused-ring (bicyclic) bond motifs is 1. The number of rotatable bonds is 6. The Kier molecular flexibility index (Phi) is 5.22. The maximum Gasteiger partial charge on any atom is 0.226 e. The first-order chi connectivity index (χ1) is 12.1. The van der Waals surface area contributed by atoms with Crippen LogP contribution in [0.1, 0.15) is 18.4 Å². The molecule has 2 aromatic rings. The third kappa shape index (κ3) is 3.92. The first-order valence-corrected chi connectivity index (χ1v) is 8.66. The fourth-order valence-electron chi connectivity index (χ4n) is 3.23. The Morgan fingerprint density at radius 2 is 2.12 bits per heavy atom. The van der Waals surface area contributed by atoms with E-state index in [4.69, 9.17) is 4.74 Å². The fourth-order valence-corrected chi connectivity index (χ4v) is 3.23. The molecule has 1 saturated heterocycles. The number of hydrogen-bond donors (Lipinski definition) is 0. The summed E-state index contributed by atoms with van der Waals surface area (Å²) in [6.07, 6.45) is 1.90. The topological polar surface area (TPSA) is 49.9 Å². The van der Waals surface area contributed by atoms with Crippen molar-refractivity contribution in [2.45, 2.75) is 19.3 Å². The molecule has 2 aromatic carbocycles. The minimum atomic E-state index is 0.0574. The third-order valence-electron chi connectivity index (χ3n) is 4.82. The first-order valence-electron chi connectivity index (χ1n) is 8.66. The van der Waals surface area contributed by atoms with Gasteiger partial charge in [-0.25, -0.2) is 0 Å². The molecule has 132 valence electrons. The number of methoxy groups -OCH3 is 1. The summed E-state index contributed by atoms with van der Waals surface area (Å²) in [6.45, 7) is 1.99. The summed E-state index contributed by atoms with van der Waals surface area (Å²) in [5.41, 5.74) is 0.991. The maximum absolute atomic E-state index is 12.6. The number of likely N-dealkylation sites (tertiary alicyclic amines) is 1. The van der Waals surface area contributed by atoms with Gasteiger partial charge in [0.1, 0.15) is 5.75 Å². The Bertz CT molecular complexity index is 788. The average molecular weight is 340 g/mol. The molecule has 3 rings (SSSR count). The van der Waals surface area contributed by atoms with Crippen molar-refractivity contribution in [1.82, 2.24) is 9.80 Å². The fraction of sp³-hybridized carbons (Fsp3) is 0.400. The van der Waals surface area contributed by atoms with Crippen molar-refractivity contribution in [3.63, 3.8) is 0 Å². The van der Waals surface area contributed by atoms with E-state index < -0.39 is 0 Å². The molecule has 2 amide bonds. The zero-order chi connectivity index (χ0) is 17.8. The number of hydrogen-bond acceptors (Lipinski definition) is 3. The summed E-state index contributed by atoms with van der Waals surface area (Å²) in [6, 6.07) is 11.9. The lowest BCUT2D eigenvalue weighted by Gasteiger charge is -2.22. The second kappa shape index (κ2) is 7.55. The van der Waals surface area contributed by atoms with Gasteiger partial charge >= 0.3 is 0 Å². The van der Waals surface area contributed by atoms with Gasteiger partial charge in [-0.2, -0.15) is 0 Å². The van der Waals surface area contributed by atoms with Crippen LogP contribution >= 0.6 is 0 Å². The highest BCUT2D eigenvalue weighted by Gasteiger charge is 2.21. The van der Waals surface area contributed by atoms with Gasteiger partial charge in [-0.1, -0.05) is 24.3 Å². The molecule has 0 N–H and O–H groups in total. The molecule has 0 aromatic heterocycles. The number of ether oxygens (including phenoxy) is 1. The molecule has 5 heteroatoms. The van der Waals surface area contributed by atoms with Crippen LogP contribution in [0, 0.1) is 0 Å². The number of benzene rings is 2. The Morgan fingerprint density at radius 3 is 2.84 bits per heavy atom. The normalized spacial score (nSPS) is 14.2. The molecule has 1 aliphatic rings. The molecule has 0 spiro atoms. The van der Waals surface area contributed by atoms with Gasteiger partial charge in [0.15, 0.2) is 0 Å². The predicted octanol–water partition coefficient (Wildman–Crippen LogP) is 2.47. The highest BCUT2D eigenvalue weighted by molar-refractivity contribution is 5.91. The second-order valence-electron chi connectivity index (χ2n) is 6.48. The van der Waals surface area contributed by atoms with Crippen LogP contribution < -0.4 is 4.74 Å². The summed E-state index contributed by atoms with van der Waals surface area (Å²) in [7, 11) is 3.44. The number of amides is 2. The molecule has 25 heavy (non-hydrogen) atoms. The van der Waals surface area contributed by atoms with Crippen molar-refractivity contribution in [2.24, 2.45) is 0 Å². The van der Waals surface area contributed by atoms with E-state index in [9.17, 15) is 9.59 Å². The third-order valence-corrected chi connectivity index (χ3v) is 4.82. The smallest absolute Gasteiger partial charge is 0.226 e. The average Bonchev–Trinajstić information content (AvgIpc) is 3.04. The molecular formula is C20H24N2O3. The van der Waals surface area contributed by atoms with E-state index in [1.54, 1.807) is 19.1 Å². The Balaban J connectivity index is 1.67. The Labute approximate surface area is 148 Å². The van der Waals surface area contributed by atoms with Crippen LogP contribution in [0.15, 0.2) is 36.4 Å². The van der Waals surface area contributed by atoms with Crippen LogP contribution in [0.3, 0.4) is 0 Å². The molecule has 0 bridgehead atoms. The Hall–Kier alpha value is -2.56. The van der Waals surface area contributed by atoms with Gasteiger partial charge < -0.3 is 14.5 Å². The van der Waals surface area contributed by atoms with Crippen molar-refractivity contribution in [1.29, 1.82) is 0 Å². The summed E-state index contributed by atoms with van der Waals surface area (Å²) in [5, 5.41) is 2.13. The van der Waals surface area contributed by atoms with Crippen molar-refractivity contribution < 1.29 is 14.3 Å². The molecule has 0 unspecified atom stereocenters. The number of carbonyl (C=O) groups excluding carboxylic acids is 2. The van der Waals surface area contributed by atoms with E-state index in [0.29, 0.717) is 25.9 Å². The predicted molar refractivity (Wildman–Crippen MR) is 97.7 cm³/mol. The van der Waals surface area contributed by atoms with E-state index in [1.807, 2.05) is 41.3 Å². The molecule has 0 saturated carbocycles. The second-order valence-corrected chi connectivity index (χ2v) is 6.48. The lowest BCUT2D eigenvalue weighted by atomic mass is 10.0. The summed E-state index contributed by atoms with van der Waals surface area (Å²) >= 11 is 0. The largest absolute Gasteiger partial charge is 0.497 e. The van der Waals surface area contributed by atoms with Gasteiger partial charge in [0.05, 0.1) is 13.5 Å². The molecule has 0 atom stereocenters. The van der Waals surface area contributed by atoms with Crippen molar-refractivity contribution in [2.75, 3.05) is 33.8 Å². The monoisotopic (exact) mass is 340 g/mol. The van der Waals surface area contributed by atoms with E-state index in [1.165, 1.54) is 0 Å². The van der Waals surface area contributed by atoms with E-state index in [2.05, 4.69) is 0 Å². The number of nitrogens with zero attached hydrogens (tertiary/aromatic N) is 2. The minimum absolute atomic E-state index is 0.0574. The van der Waals surface area contributed by atoms with Gasteiger partial charge in [-0.05, 0) is 34.9 Å². The van der Waals surface area contributed by atoms with Crippen molar-refractivity contribution >= 4 is 22.6 Å². The molecule has 0 radical (unpaired) electrons.